The first-order chi connectivity index (χ1) is 9.90. The molecule has 0 aliphatic carbocycles. The van der Waals surface area contributed by atoms with Crippen LogP contribution in [0.1, 0.15) is 0 Å². The maximum atomic E-state index is 10.0. The lowest BCUT2D eigenvalue weighted by molar-refractivity contribution is -0.0213. The van der Waals surface area contributed by atoms with E-state index in [1.54, 1.807) is 7.05 Å². The van der Waals surface area contributed by atoms with Crippen LogP contribution in [0.5, 0.6) is 0 Å². The quantitative estimate of drug-likeness (QED) is 0.406. The zero-order valence-corrected chi connectivity index (χ0v) is 12.0. The number of anilines is 2. The second-order valence-electron chi connectivity index (χ2n) is 4.54. The molecule has 0 bridgehead atoms. The van der Waals surface area contributed by atoms with Crippen molar-refractivity contribution in [2.75, 3.05) is 24.3 Å². The number of aliphatic hydroxyl groups is 3. The minimum atomic E-state index is -1.25. The van der Waals surface area contributed by atoms with Crippen molar-refractivity contribution in [2.45, 2.75) is 24.5 Å². The fourth-order valence-electron chi connectivity index (χ4n) is 2.13. The van der Waals surface area contributed by atoms with Crippen LogP contribution < -0.4 is 10.6 Å². The van der Waals surface area contributed by atoms with Gasteiger partial charge in [0, 0.05) is 7.05 Å². The van der Waals surface area contributed by atoms with Gasteiger partial charge in [-0.2, -0.15) is 9.97 Å². The lowest BCUT2D eigenvalue weighted by Gasteiger charge is -2.28. The Morgan fingerprint density at radius 2 is 2.10 bits per heavy atom. The molecule has 2 rings (SSSR count). The van der Waals surface area contributed by atoms with Crippen LogP contribution in [0.3, 0.4) is 0 Å². The fourth-order valence-corrected chi connectivity index (χ4v) is 2.37. The van der Waals surface area contributed by atoms with Crippen molar-refractivity contribution in [3.05, 3.63) is 5.15 Å². The van der Waals surface area contributed by atoms with Gasteiger partial charge in [0.1, 0.15) is 24.0 Å². The molecule has 0 saturated carbocycles. The highest BCUT2D eigenvalue weighted by atomic mass is 35.5. The Morgan fingerprint density at radius 1 is 1.43 bits per heavy atom. The Hall–Kier alpha value is -1.52. The molecule has 1 aliphatic heterocycles. The number of aliphatic hydroxyl groups excluding tert-OH is 3. The zero-order valence-electron chi connectivity index (χ0n) is 11.2. The predicted octanol–water partition coefficient (Wildman–Crippen LogP) is -1.08. The highest BCUT2D eigenvalue weighted by Crippen LogP contribution is 2.35. The van der Waals surface area contributed by atoms with Gasteiger partial charge in [-0.15, -0.1) is 0 Å². The number of hydrogen-bond acceptors (Lipinski definition) is 9. The van der Waals surface area contributed by atoms with Crippen LogP contribution in [0.4, 0.5) is 17.5 Å². The topological polar surface area (TPSA) is 137 Å². The summed E-state index contributed by atoms with van der Waals surface area (Å²) >= 11 is 5.92. The molecule has 1 saturated heterocycles. The molecule has 116 valence electrons. The molecule has 9 nitrogen and oxygen atoms in total. The first-order valence-corrected chi connectivity index (χ1v) is 6.43. The second kappa shape index (κ2) is 6.08. The van der Waals surface area contributed by atoms with E-state index >= 15 is 0 Å². The summed E-state index contributed by atoms with van der Waals surface area (Å²) in [6, 6.07) is 0. The first-order valence-electron chi connectivity index (χ1n) is 6.05. The van der Waals surface area contributed by atoms with Crippen LogP contribution in [0.2, 0.25) is 5.15 Å². The molecule has 5 N–H and O–H groups in total. The van der Waals surface area contributed by atoms with E-state index in [4.69, 9.17) is 27.2 Å². The van der Waals surface area contributed by atoms with Crippen LogP contribution in [0.15, 0.2) is 4.99 Å². The van der Waals surface area contributed by atoms with E-state index in [0.717, 1.165) is 0 Å². The third kappa shape index (κ3) is 2.78. The predicted molar refractivity (Wildman–Crippen MR) is 76.8 cm³/mol. The minimum absolute atomic E-state index is 0.00564. The van der Waals surface area contributed by atoms with E-state index in [1.165, 1.54) is 4.90 Å². The molecular weight excluding hydrogens is 302 g/mol. The number of nitrogen functional groups attached to an aromatic ring is 1. The van der Waals surface area contributed by atoms with Crippen molar-refractivity contribution in [2.24, 2.45) is 4.99 Å². The van der Waals surface area contributed by atoms with E-state index < -0.39 is 31.1 Å². The van der Waals surface area contributed by atoms with Gasteiger partial charge in [-0.25, -0.2) is 0 Å². The molecular formula is C11H16ClN5O4. The third-order valence-electron chi connectivity index (χ3n) is 3.23. The molecule has 1 aliphatic rings. The van der Waals surface area contributed by atoms with E-state index in [-0.39, 0.29) is 22.6 Å². The van der Waals surface area contributed by atoms with Crippen LogP contribution >= 0.6 is 11.6 Å². The number of aliphatic imine (C=N–C) groups is 1. The molecule has 1 aromatic rings. The molecule has 2 heterocycles. The monoisotopic (exact) mass is 317 g/mol. The largest absolute Gasteiger partial charge is 0.394 e. The smallest absolute Gasteiger partial charge is 0.223 e. The van der Waals surface area contributed by atoms with Gasteiger partial charge in [0.15, 0.2) is 17.2 Å². The zero-order chi connectivity index (χ0) is 15.7. The number of hydrogen-bond donors (Lipinski definition) is 4. The van der Waals surface area contributed by atoms with Crippen molar-refractivity contribution in [1.82, 2.24) is 9.97 Å². The Morgan fingerprint density at radius 3 is 2.62 bits per heavy atom. The average Bonchev–Trinajstić information content (AvgIpc) is 2.73. The number of aromatic nitrogens is 2. The molecule has 1 fully saturated rings. The molecule has 0 amide bonds. The van der Waals surface area contributed by atoms with E-state index in [1.807, 2.05) is 0 Å². The summed E-state index contributed by atoms with van der Waals surface area (Å²) < 4.78 is 5.40. The van der Waals surface area contributed by atoms with Gasteiger partial charge in [0.25, 0.3) is 0 Å². The molecule has 4 atom stereocenters. The number of nitrogens with zero attached hydrogens (tertiary/aromatic N) is 4. The van der Waals surface area contributed by atoms with Crippen LogP contribution in [-0.4, -0.2) is 70.2 Å². The van der Waals surface area contributed by atoms with Gasteiger partial charge >= 0.3 is 0 Å². The summed E-state index contributed by atoms with van der Waals surface area (Å²) in [5.41, 5.74) is 5.72. The van der Waals surface area contributed by atoms with Crippen molar-refractivity contribution in [3.63, 3.8) is 0 Å². The third-order valence-corrected chi connectivity index (χ3v) is 3.49. The van der Waals surface area contributed by atoms with E-state index in [2.05, 4.69) is 21.7 Å². The summed E-state index contributed by atoms with van der Waals surface area (Å²) in [5, 5.41) is 28.9. The summed E-state index contributed by atoms with van der Waals surface area (Å²) in [5.74, 6) is 0.110. The number of rotatable bonds is 4. The highest BCUT2D eigenvalue weighted by Gasteiger charge is 2.45. The Kier molecular flexibility index (Phi) is 4.59. The molecule has 0 unspecified atom stereocenters. The number of halogens is 1. The Bertz CT molecular complexity index is 546. The molecule has 1 aromatic heterocycles. The number of ether oxygens (including phenoxy) is 1. The van der Waals surface area contributed by atoms with Gasteiger partial charge in [-0.3, -0.25) is 4.99 Å². The Balaban J connectivity index is 2.37. The summed E-state index contributed by atoms with van der Waals surface area (Å²) in [6.07, 6.45) is -4.33. The van der Waals surface area contributed by atoms with Crippen molar-refractivity contribution in [3.8, 4) is 0 Å². The Labute approximate surface area is 125 Å². The lowest BCUT2D eigenvalue weighted by atomic mass is 10.1. The SMILES string of the molecule is C=Nc1c(Cl)nc(N)nc1N(C)[C@@H]1O[C@H](CO)[C@@H](O)[C@H]1O. The van der Waals surface area contributed by atoms with Crippen molar-refractivity contribution >= 4 is 35.8 Å². The van der Waals surface area contributed by atoms with Gasteiger partial charge in [-0.1, -0.05) is 11.6 Å². The number of nitrogens with two attached hydrogens (primary N) is 1. The van der Waals surface area contributed by atoms with Crippen LogP contribution in [0.25, 0.3) is 0 Å². The normalized spacial score (nSPS) is 28.6. The van der Waals surface area contributed by atoms with Crippen LogP contribution in [0, 0.1) is 0 Å². The molecule has 10 heteroatoms. The van der Waals surface area contributed by atoms with E-state index in [0.29, 0.717) is 0 Å². The fraction of sp³-hybridized carbons (Fsp3) is 0.545. The first kappa shape index (κ1) is 15.9. The maximum absolute atomic E-state index is 10.0. The second-order valence-corrected chi connectivity index (χ2v) is 4.90. The van der Waals surface area contributed by atoms with Crippen LogP contribution in [-0.2, 0) is 4.74 Å². The minimum Gasteiger partial charge on any atom is -0.394 e. The summed E-state index contributed by atoms with van der Waals surface area (Å²) in [4.78, 5) is 12.9. The standard InChI is InChI=1S/C11H16ClN5O4/c1-14-5-8(12)15-11(13)16-9(5)17(2)10-7(20)6(19)4(3-18)21-10/h4,6-7,10,18-20H,1,3H2,2H3,(H2,13,15,16)/t4-,6-,7-,10-/m1/s1. The molecule has 21 heavy (non-hydrogen) atoms. The average molecular weight is 318 g/mol. The highest BCUT2D eigenvalue weighted by molar-refractivity contribution is 6.32. The maximum Gasteiger partial charge on any atom is 0.223 e. The lowest BCUT2D eigenvalue weighted by Crippen LogP contribution is -2.42. The van der Waals surface area contributed by atoms with Crippen molar-refractivity contribution < 1.29 is 20.1 Å². The molecule has 0 spiro atoms. The van der Waals surface area contributed by atoms with Gasteiger partial charge < -0.3 is 30.7 Å². The summed E-state index contributed by atoms with van der Waals surface area (Å²) in [6.45, 7) is 2.95. The molecule has 0 aromatic carbocycles. The van der Waals surface area contributed by atoms with Gasteiger partial charge in [-0.05, 0) is 6.72 Å². The van der Waals surface area contributed by atoms with E-state index in [9.17, 15) is 10.2 Å². The van der Waals surface area contributed by atoms with Gasteiger partial charge in [0.05, 0.1) is 6.61 Å². The summed E-state index contributed by atoms with van der Waals surface area (Å²) in [7, 11) is 1.55. The van der Waals surface area contributed by atoms with Gasteiger partial charge in [0.2, 0.25) is 5.95 Å². The molecule has 0 radical (unpaired) electrons. The van der Waals surface area contributed by atoms with Crippen molar-refractivity contribution in [1.29, 1.82) is 0 Å². The number of likely N-dealkylation sites (N-methyl/N-ethyl adjacent to an activating group) is 1.